The maximum atomic E-state index is 12.6. The Morgan fingerprint density at radius 1 is 1.09 bits per heavy atom. The molecule has 5 rings (SSSR count). The molecule has 1 fully saturated rings. The fourth-order valence-electron chi connectivity index (χ4n) is 3.19. The minimum absolute atomic E-state index is 0.00962. The van der Waals surface area contributed by atoms with Crippen LogP contribution in [0.5, 0.6) is 0 Å². The normalized spacial score (nSPS) is 13.0. The van der Waals surface area contributed by atoms with E-state index in [0.29, 0.717) is 11.5 Å². The van der Waals surface area contributed by atoms with Crippen LogP contribution in [0.25, 0.3) is 23.1 Å². The van der Waals surface area contributed by atoms with Gasteiger partial charge >= 0.3 is 5.97 Å². The number of anilines is 3. The van der Waals surface area contributed by atoms with E-state index in [1.165, 1.54) is 6.20 Å². The van der Waals surface area contributed by atoms with Crippen molar-refractivity contribution in [1.29, 1.82) is 0 Å². The topological polar surface area (TPSA) is 146 Å². The summed E-state index contributed by atoms with van der Waals surface area (Å²) in [5.41, 5.74) is 8.06. The first-order chi connectivity index (χ1) is 16.0. The van der Waals surface area contributed by atoms with Crippen LogP contribution in [-0.2, 0) is 4.74 Å². The van der Waals surface area contributed by atoms with E-state index in [1.807, 2.05) is 44.3 Å². The third-order valence-corrected chi connectivity index (χ3v) is 5.08. The zero-order valence-corrected chi connectivity index (χ0v) is 18.0. The molecule has 0 amide bonds. The molecule has 0 aliphatic heterocycles. The van der Waals surface area contributed by atoms with E-state index >= 15 is 0 Å². The van der Waals surface area contributed by atoms with E-state index < -0.39 is 5.97 Å². The summed E-state index contributed by atoms with van der Waals surface area (Å²) in [5, 5.41) is 4.00. The van der Waals surface area contributed by atoms with Crippen molar-refractivity contribution < 1.29 is 14.1 Å². The molecule has 3 heterocycles. The Hall–Kier alpha value is -4.41. The smallest absolute Gasteiger partial charge is 0.358 e. The fourth-order valence-corrected chi connectivity index (χ4v) is 3.19. The summed E-state index contributed by atoms with van der Waals surface area (Å²) in [6, 6.07) is 11.3. The Kier molecular flexibility index (Phi) is 5.13. The lowest BCUT2D eigenvalue weighted by Crippen LogP contribution is -2.15. The molecular formula is C22H20N8O3. The molecule has 0 saturated heterocycles. The average molecular weight is 444 g/mol. The molecule has 2 N–H and O–H groups in total. The van der Waals surface area contributed by atoms with Crippen molar-refractivity contribution >= 4 is 23.6 Å². The number of aromatic nitrogens is 6. The molecule has 33 heavy (non-hydrogen) atoms. The Balaban J connectivity index is 1.50. The quantitative estimate of drug-likeness (QED) is 0.438. The fraction of sp³-hybridized carbons (Fsp3) is 0.227. The number of pyridine rings is 1. The van der Waals surface area contributed by atoms with Gasteiger partial charge in [0.15, 0.2) is 5.69 Å². The molecule has 166 valence electrons. The molecule has 1 aliphatic carbocycles. The number of nitrogens with zero attached hydrogens (tertiary/aromatic N) is 7. The number of para-hydroxylation sites is 1. The molecule has 1 aromatic carbocycles. The zero-order chi connectivity index (χ0) is 22.9. The van der Waals surface area contributed by atoms with Crippen molar-refractivity contribution in [1.82, 2.24) is 30.1 Å². The summed E-state index contributed by atoms with van der Waals surface area (Å²) in [6.07, 6.45) is 3.20. The summed E-state index contributed by atoms with van der Waals surface area (Å²) >= 11 is 0. The maximum absolute atomic E-state index is 12.6. The molecule has 4 aromatic rings. The molecule has 11 heteroatoms. The van der Waals surface area contributed by atoms with Crippen LogP contribution < -0.4 is 10.6 Å². The number of esters is 1. The number of ether oxygens (including phenoxy) is 1. The van der Waals surface area contributed by atoms with Gasteiger partial charge < -0.3 is 19.9 Å². The number of carbonyl (C=O) groups is 1. The molecule has 0 spiro atoms. The molecule has 0 radical (unpaired) electrons. The van der Waals surface area contributed by atoms with E-state index in [9.17, 15) is 4.79 Å². The molecule has 1 aliphatic rings. The lowest BCUT2D eigenvalue weighted by Gasteiger charge is -2.17. The summed E-state index contributed by atoms with van der Waals surface area (Å²) < 4.78 is 10.9. The number of nitrogen functional groups attached to an aromatic ring is 1. The van der Waals surface area contributed by atoms with Crippen molar-refractivity contribution in [2.75, 3.05) is 17.7 Å². The first-order valence-electron chi connectivity index (χ1n) is 10.3. The maximum Gasteiger partial charge on any atom is 0.358 e. The third kappa shape index (κ3) is 4.20. The minimum atomic E-state index is -0.521. The monoisotopic (exact) mass is 444 g/mol. The second kappa shape index (κ2) is 8.26. The van der Waals surface area contributed by atoms with Gasteiger partial charge in [0.05, 0.1) is 5.56 Å². The SMILES string of the molecule is Cc1ccnc(C(=O)OC2CC2)c1-c1nc(-c2nc(N)nc(N(C)c3ccccc3)n2)no1. The number of aryl methyl sites for hydroxylation is 1. The number of nitrogens with two attached hydrogens (primary N) is 1. The van der Waals surface area contributed by atoms with Gasteiger partial charge in [-0.1, -0.05) is 23.4 Å². The zero-order valence-electron chi connectivity index (χ0n) is 18.0. The number of rotatable bonds is 6. The van der Waals surface area contributed by atoms with Gasteiger partial charge in [-0.25, -0.2) is 9.78 Å². The van der Waals surface area contributed by atoms with Crippen molar-refractivity contribution in [2.45, 2.75) is 25.9 Å². The highest BCUT2D eigenvalue weighted by atomic mass is 16.5. The molecule has 3 aromatic heterocycles. The molecule has 1 saturated carbocycles. The molecule has 0 atom stereocenters. The summed E-state index contributed by atoms with van der Waals surface area (Å²) in [7, 11) is 1.81. The number of benzene rings is 1. The van der Waals surface area contributed by atoms with Gasteiger partial charge in [-0.2, -0.15) is 19.9 Å². The summed E-state index contributed by atoms with van der Waals surface area (Å²) in [4.78, 5) is 35.8. The van der Waals surface area contributed by atoms with Gasteiger partial charge in [-0.05, 0) is 43.5 Å². The number of hydrogen-bond donors (Lipinski definition) is 1. The van der Waals surface area contributed by atoms with Gasteiger partial charge in [-0.3, -0.25) is 0 Å². The van der Waals surface area contributed by atoms with E-state index in [1.54, 1.807) is 11.0 Å². The van der Waals surface area contributed by atoms with Gasteiger partial charge in [0.25, 0.3) is 5.89 Å². The predicted molar refractivity (Wildman–Crippen MR) is 118 cm³/mol. The highest BCUT2D eigenvalue weighted by Crippen LogP contribution is 2.30. The summed E-state index contributed by atoms with van der Waals surface area (Å²) in [5.74, 6) is 0.157. The average Bonchev–Trinajstić information content (AvgIpc) is 3.50. The van der Waals surface area contributed by atoms with Crippen LogP contribution in [0.1, 0.15) is 28.9 Å². The minimum Gasteiger partial charge on any atom is -0.458 e. The van der Waals surface area contributed by atoms with E-state index in [4.69, 9.17) is 15.0 Å². The lowest BCUT2D eigenvalue weighted by molar-refractivity contribution is 0.0466. The molecule has 0 unspecified atom stereocenters. The van der Waals surface area contributed by atoms with Crippen LogP contribution in [0.3, 0.4) is 0 Å². The summed E-state index contributed by atoms with van der Waals surface area (Å²) in [6.45, 7) is 1.82. The van der Waals surface area contributed by atoms with Gasteiger partial charge in [0, 0.05) is 18.9 Å². The van der Waals surface area contributed by atoms with Crippen molar-refractivity contribution in [3.05, 3.63) is 53.9 Å². The number of hydrogen-bond acceptors (Lipinski definition) is 11. The van der Waals surface area contributed by atoms with Crippen LogP contribution in [0.15, 0.2) is 47.1 Å². The largest absolute Gasteiger partial charge is 0.458 e. The van der Waals surface area contributed by atoms with Crippen molar-refractivity contribution in [3.63, 3.8) is 0 Å². The molecule has 0 bridgehead atoms. The Labute approximate surface area is 188 Å². The van der Waals surface area contributed by atoms with Crippen LogP contribution in [0.4, 0.5) is 17.6 Å². The highest BCUT2D eigenvalue weighted by Gasteiger charge is 2.30. The first-order valence-corrected chi connectivity index (χ1v) is 10.3. The number of carbonyl (C=O) groups excluding carboxylic acids is 1. The highest BCUT2D eigenvalue weighted by molar-refractivity contribution is 5.95. The molecule has 11 nitrogen and oxygen atoms in total. The second-order valence-corrected chi connectivity index (χ2v) is 7.59. The predicted octanol–water partition coefficient (Wildman–Crippen LogP) is 2.96. The van der Waals surface area contributed by atoms with E-state index in [0.717, 1.165) is 24.1 Å². The standard InChI is InChI=1S/C22H20N8O3/c1-12-10-11-24-16(20(31)32-14-8-9-14)15(12)19-25-18(29-33-19)17-26-21(23)28-22(27-17)30(2)13-6-4-3-5-7-13/h3-7,10-11,14H,8-9H2,1-2H3,(H2,23,26,27,28). The second-order valence-electron chi connectivity index (χ2n) is 7.59. The molecular weight excluding hydrogens is 424 g/mol. The van der Waals surface area contributed by atoms with Crippen LogP contribution in [-0.4, -0.2) is 49.2 Å². The van der Waals surface area contributed by atoms with Crippen LogP contribution >= 0.6 is 0 Å². The lowest BCUT2D eigenvalue weighted by atomic mass is 10.1. The van der Waals surface area contributed by atoms with Gasteiger partial charge in [0.2, 0.25) is 23.5 Å². The van der Waals surface area contributed by atoms with Crippen molar-refractivity contribution in [3.8, 4) is 23.1 Å². The van der Waals surface area contributed by atoms with Gasteiger partial charge in [-0.15, -0.1) is 0 Å². The Bertz CT molecular complexity index is 1320. The Morgan fingerprint density at radius 3 is 2.64 bits per heavy atom. The van der Waals surface area contributed by atoms with Gasteiger partial charge in [0.1, 0.15) is 6.10 Å². The van der Waals surface area contributed by atoms with E-state index in [-0.39, 0.29) is 35.3 Å². The Morgan fingerprint density at radius 2 is 1.88 bits per heavy atom. The third-order valence-electron chi connectivity index (χ3n) is 5.08. The van der Waals surface area contributed by atoms with E-state index in [2.05, 4.69) is 30.1 Å². The van der Waals surface area contributed by atoms with Crippen LogP contribution in [0, 0.1) is 6.92 Å². The van der Waals surface area contributed by atoms with Crippen molar-refractivity contribution in [2.24, 2.45) is 0 Å². The van der Waals surface area contributed by atoms with Crippen LogP contribution in [0.2, 0.25) is 0 Å². The first kappa shape index (κ1) is 20.5.